The summed E-state index contributed by atoms with van der Waals surface area (Å²) in [5.74, 6) is 1.69. The molecule has 114 valence electrons. The average molecular weight is 306 g/mol. The zero-order chi connectivity index (χ0) is 16.8. The number of hydrogen-bond donors (Lipinski definition) is 1. The first kappa shape index (κ1) is 16.0. The van der Waals surface area contributed by atoms with Crippen molar-refractivity contribution in [1.82, 2.24) is 15.1 Å². The Morgan fingerprint density at radius 2 is 2.17 bits per heavy atom. The Balaban J connectivity index is 2.54. The Labute approximate surface area is 133 Å². The minimum Gasteiger partial charge on any atom is -0.341 e. The fourth-order valence-corrected chi connectivity index (χ4v) is 2.09. The molecule has 6 nitrogen and oxygen atoms in total. The van der Waals surface area contributed by atoms with Gasteiger partial charge in [-0.2, -0.15) is 5.10 Å². The van der Waals surface area contributed by atoms with Gasteiger partial charge in [0, 0.05) is 0 Å². The zero-order valence-corrected chi connectivity index (χ0v) is 12.5. The number of terminal acetylenes is 1. The molecule has 2 rings (SSSR count). The first-order chi connectivity index (χ1) is 11.1. The molecule has 0 radical (unpaired) electrons. The first-order valence-electron chi connectivity index (χ1n) is 6.82. The van der Waals surface area contributed by atoms with Gasteiger partial charge in [-0.1, -0.05) is 24.1 Å². The fourth-order valence-electron chi connectivity index (χ4n) is 2.09. The summed E-state index contributed by atoms with van der Waals surface area (Å²) < 4.78 is 1.03. The molecule has 0 bridgehead atoms. The van der Waals surface area contributed by atoms with E-state index in [2.05, 4.69) is 21.2 Å². The molecule has 1 heterocycles. The average Bonchev–Trinajstić information content (AvgIpc) is 2.57. The minimum absolute atomic E-state index is 0.0184. The molecule has 0 fully saturated rings. The summed E-state index contributed by atoms with van der Waals surface area (Å²) in [7, 11) is 0. The molecule has 23 heavy (non-hydrogen) atoms. The maximum Gasteiger partial charge on any atom is 0.345 e. The molecule has 2 aromatic rings. The van der Waals surface area contributed by atoms with Gasteiger partial charge in [0.25, 0.3) is 11.5 Å². The van der Waals surface area contributed by atoms with E-state index in [9.17, 15) is 9.59 Å². The summed E-state index contributed by atoms with van der Waals surface area (Å²) in [6.45, 7) is 9.06. The molecule has 0 saturated heterocycles. The monoisotopic (exact) mass is 306 g/mol. The van der Waals surface area contributed by atoms with Crippen molar-refractivity contribution >= 4 is 5.91 Å². The highest BCUT2D eigenvalue weighted by molar-refractivity contribution is 5.94. The molecule has 6 heteroatoms. The number of nitrogens with zero attached hydrogens (tertiary/aromatic N) is 3. The summed E-state index contributed by atoms with van der Waals surface area (Å²) in [6, 6.07) is 10.2. The van der Waals surface area contributed by atoms with Gasteiger partial charge < -0.3 is 5.32 Å². The fraction of sp³-hybridized carbons (Fsp3) is 0.176. The van der Waals surface area contributed by atoms with Crippen LogP contribution in [0.15, 0.2) is 41.2 Å². The normalized spacial score (nSPS) is 11.1. The highest BCUT2D eigenvalue weighted by Gasteiger charge is 2.24. The van der Waals surface area contributed by atoms with Gasteiger partial charge in [0.05, 0.1) is 17.8 Å². The summed E-state index contributed by atoms with van der Waals surface area (Å²) in [6.07, 6.45) is 4.17. The molecule has 0 saturated carbocycles. The van der Waals surface area contributed by atoms with Gasteiger partial charge >= 0.3 is 6.17 Å². The third-order valence-electron chi connectivity index (χ3n) is 3.10. The second-order valence-electron chi connectivity index (χ2n) is 4.75. The van der Waals surface area contributed by atoms with E-state index in [0.717, 1.165) is 4.68 Å². The van der Waals surface area contributed by atoms with Crippen LogP contribution in [0.2, 0.25) is 0 Å². The smallest absolute Gasteiger partial charge is 0.341 e. The van der Waals surface area contributed by atoms with Gasteiger partial charge in [-0.25, -0.2) is 6.57 Å². The lowest BCUT2D eigenvalue weighted by Gasteiger charge is -2.11. The lowest BCUT2D eigenvalue weighted by molar-refractivity contribution is 0.0956. The topological polar surface area (TPSA) is 68.3 Å². The molecule has 1 amide bonds. The van der Waals surface area contributed by atoms with Crippen LogP contribution in [0.1, 0.15) is 27.8 Å². The largest absolute Gasteiger partial charge is 0.345 e. The van der Waals surface area contributed by atoms with Crippen LogP contribution in [0, 0.1) is 25.8 Å². The lowest BCUT2D eigenvalue weighted by Crippen LogP contribution is -2.36. The second-order valence-corrected chi connectivity index (χ2v) is 4.75. The number of aryl methyl sites for hydroxylation is 1. The van der Waals surface area contributed by atoms with Crippen LogP contribution in [0.3, 0.4) is 0 Å². The van der Waals surface area contributed by atoms with Gasteiger partial charge in [-0.05, 0) is 25.1 Å². The number of amides is 1. The number of nitrogens with one attached hydrogen (secondary N) is 1. The molecule has 0 aliphatic heterocycles. The van der Waals surface area contributed by atoms with Crippen molar-refractivity contribution in [2.24, 2.45) is 0 Å². The maximum atomic E-state index is 12.5. The van der Waals surface area contributed by atoms with E-state index in [1.165, 1.54) is 6.07 Å². The lowest BCUT2D eigenvalue weighted by atomic mass is 10.1. The molecule has 1 N–H and O–H groups in total. The Kier molecular flexibility index (Phi) is 4.91. The SMILES string of the molecule is [C-]#[N+][C@@H](c1ccccc1)n1nc(C)cc(C(=O)NCC#C)c1=O. The minimum atomic E-state index is -0.928. The van der Waals surface area contributed by atoms with Crippen molar-refractivity contribution in [3.05, 3.63) is 75.0 Å². The van der Waals surface area contributed by atoms with E-state index >= 15 is 0 Å². The molecular formula is C17H14N4O2. The van der Waals surface area contributed by atoms with Crippen LogP contribution in [-0.4, -0.2) is 22.2 Å². The van der Waals surface area contributed by atoms with Crippen molar-refractivity contribution in [2.75, 3.05) is 6.54 Å². The Bertz CT molecular complexity index is 857. The molecule has 0 aliphatic rings. The van der Waals surface area contributed by atoms with Crippen LogP contribution in [0.5, 0.6) is 0 Å². The van der Waals surface area contributed by atoms with Gasteiger partial charge in [0.1, 0.15) is 5.56 Å². The van der Waals surface area contributed by atoms with Crippen LogP contribution in [0.25, 0.3) is 4.85 Å². The summed E-state index contributed by atoms with van der Waals surface area (Å²) in [5, 5.41) is 6.56. The third kappa shape index (κ3) is 3.45. The standard InChI is InChI=1S/C17H14N4O2/c1-4-10-19-16(22)14-11-12(2)20-21(17(14)23)15(18-3)13-8-6-5-7-9-13/h1,5-9,11,15H,10H2,2H3,(H,19,22)/t15-/m1/s1. The van der Waals surface area contributed by atoms with Crippen molar-refractivity contribution in [2.45, 2.75) is 13.1 Å². The van der Waals surface area contributed by atoms with Crippen molar-refractivity contribution in [1.29, 1.82) is 0 Å². The summed E-state index contributed by atoms with van der Waals surface area (Å²) in [5.41, 5.74) is 0.366. The van der Waals surface area contributed by atoms with Crippen LogP contribution in [-0.2, 0) is 0 Å². The number of benzene rings is 1. The van der Waals surface area contributed by atoms with E-state index in [0.29, 0.717) is 11.3 Å². The highest BCUT2D eigenvalue weighted by Crippen LogP contribution is 2.17. The van der Waals surface area contributed by atoms with Crippen LogP contribution in [0.4, 0.5) is 0 Å². The molecular weight excluding hydrogens is 292 g/mol. The van der Waals surface area contributed by atoms with E-state index in [-0.39, 0.29) is 12.1 Å². The van der Waals surface area contributed by atoms with E-state index in [1.54, 1.807) is 31.2 Å². The zero-order valence-electron chi connectivity index (χ0n) is 12.5. The van der Waals surface area contributed by atoms with Gasteiger partial charge in [0.15, 0.2) is 0 Å². The first-order valence-corrected chi connectivity index (χ1v) is 6.82. The molecule has 0 spiro atoms. The predicted molar refractivity (Wildman–Crippen MR) is 85.6 cm³/mol. The molecule has 1 aromatic heterocycles. The van der Waals surface area contributed by atoms with E-state index < -0.39 is 17.6 Å². The number of carbonyl (C=O) groups excluding carboxylic acids is 1. The predicted octanol–water partition coefficient (Wildman–Crippen LogP) is 1.38. The molecule has 0 unspecified atom stereocenters. The second kappa shape index (κ2) is 7.06. The van der Waals surface area contributed by atoms with Crippen molar-refractivity contribution < 1.29 is 4.79 Å². The van der Waals surface area contributed by atoms with Gasteiger partial charge in [-0.3, -0.25) is 14.4 Å². The number of hydrogen-bond acceptors (Lipinski definition) is 3. The number of aromatic nitrogens is 2. The summed E-state index contributed by atoms with van der Waals surface area (Å²) in [4.78, 5) is 28.1. The van der Waals surface area contributed by atoms with Crippen molar-refractivity contribution in [3.8, 4) is 12.3 Å². The van der Waals surface area contributed by atoms with E-state index in [4.69, 9.17) is 13.0 Å². The Morgan fingerprint density at radius 1 is 1.48 bits per heavy atom. The van der Waals surface area contributed by atoms with Crippen LogP contribution < -0.4 is 10.9 Å². The maximum absolute atomic E-state index is 12.5. The quantitative estimate of drug-likeness (QED) is 0.685. The van der Waals surface area contributed by atoms with Crippen LogP contribution >= 0.6 is 0 Å². The molecule has 0 aliphatic carbocycles. The van der Waals surface area contributed by atoms with Gasteiger partial charge in [-0.15, -0.1) is 11.1 Å². The Hall–Kier alpha value is -3.38. The van der Waals surface area contributed by atoms with Crippen molar-refractivity contribution in [3.63, 3.8) is 0 Å². The number of rotatable bonds is 4. The third-order valence-corrected chi connectivity index (χ3v) is 3.10. The van der Waals surface area contributed by atoms with E-state index in [1.807, 2.05) is 6.07 Å². The molecule has 1 atom stereocenters. The number of carbonyl (C=O) groups is 1. The van der Waals surface area contributed by atoms with Gasteiger partial charge in [0.2, 0.25) is 0 Å². The molecule has 1 aromatic carbocycles. The highest BCUT2D eigenvalue weighted by atomic mass is 16.2. The Morgan fingerprint density at radius 3 is 2.78 bits per heavy atom. The summed E-state index contributed by atoms with van der Waals surface area (Å²) >= 11 is 0.